The molecule has 0 bridgehead atoms. The highest BCUT2D eigenvalue weighted by molar-refractivity contribution is 6.15. The van der Waals surface area contributed by atoms with Crippen LogP contribution >= 0.6 is 0 Å². The molecule has 2 atom stereocenters. The predicted octanol–water partition coefficient (Wildman–Crippen LogP) is 7.54. The zero-order valence-electron chi connectivity index (χ0n) is 35.8. The van der Waals surface area contributed by atoms with Crippen molar-refractivity contribution < 1.29 is 14.3 Å². The SMILES string of the molecule is CCCCCCC(C)N1CCN(c2cc(CN3CCOCC3)ccc2C(=O)c2ccc(CN3CCOCC3)cc2N2CCN(C(C)CCCCCC)CC2)CC1. The maximum Gasteiger partial charge on any atom is 0.197 e. The van der Waals surface area contributed by atoms with Crippen molar-refractivity contribution >= 4 is 17.2 Å². The van der Waals surface area contributed by atoms with Crippen molar-refractivity contribution in [2.24, 2.45) is 0 Å². The van der Waals surface area contributed by atoms with E-state index in [1.165, 1.54) is 75.3 Å². The molecule has 2 aromatic carbocycles. The standard InChI is InChI=1S/C47H76N6O3/c1-5-7-9-11-13-39(3)50-19-23-52(24-20-50)45-35-41(37-48-27-31-55-32-28-48)15-17-43(45)47(54)44-18-16-42(38-49-29-33-56-34-30-49)36-46(44)53-25-21-51(22-26-53)40(4)14-12-10-8-6-2/h15-18,35-36,39-40H,5-14,19-34,37-38H2,1-4H3. The monoisotopic (exact) mass is 773 g/mol. The highest BCUT2D eigenvalue weighted by Crippen LogP contribution is 2.33. The van der Waals surface area contributed by atoms with Crippen molar-refractivity contribution in [2.75, 3.05) is 115 Å². The van der Waals surface area contributed by atoms with Crippen LogP contribution in [0.5, 0.6) is 0 Å². The van der Waals surface area contributed by atoms with Crippen molar-refractivity contribution in [3.05, 3.63) is 58.7 Å². The van der Waals surface area contributed by atoms with E-state index in [4.69, 9.17) is 9.47 Å². The maximum atomic E-state index is 15.1. The number of piperazine rings is 2. The van der Waals surface area contributed by atoms with Crippen LogP contribution < -0.4 is 9.80 Å². The third kappa shape index (κ3) is 12.2. The molecule has 0 N–H and O–H groups in total. The third-order valence-corrected chi connectivity index (χ3v) is 13.1. The second kappa shape index (κ2) is 22.6. The second-order valence-electron chi connectivity index (χ2n) is 17.3. The minimum Gasteiger partial charge on any atom is -0.379 e. The van der Waals surface area contributed by atoms with Crippen molar-refractivity contribution in [2.45, 2.75) is 117 Å². The van der Waals surface area contributed by atoms with Crippen LogP contribution in [-0.4, -0.2) is 142 Å². The van der Waals surface area contributed by atoms with Crippen molar-refractivity contribution in [3.8, 4) is 0 Å². The Labute approximate surface area is 340 Å². The molecule has 0 radical (unpaired) electrons. The third-order valence-electron chi connectivity index (χ3n) is 13.1. The summed E-state index contributed by atoms with van der Waals surface area (Å²) in [4.78, 5) is 30.5. The lowest BCUT2D eigenvalue weighted by atomic mass is 9.95. The minimum atomic E-state index is 0.157. The molecule has 2 unspecified atom stereocenters. The minimum absolute atomic E-state index is 0.157. The van der Waals surface area contributed by atoms with E-state index in [2.05, 4.69) is 93.5 Å². The van der Waals surface area contributed by atoms with Crippen molar-refractivity contribution in [1.82, 2.24) is 19.6 Å². The number of rotatable bonds is 20. The summed E-state index contributed by atoms with van der Waals surface area (Å²) >= 11 is 0. The lowest BCUT2D eigenvalue weighted by Crippen LogP contribution is -2.50. The molecule has 4 saturated heterocycles. The molecule has 4 aliphatic heterocycles. The predicted molar refractivity (Wildman–Crippen MR) is 233 cm³/mol. The lowest BCUT2D eigenvalue weighted by molar-refractivity contribution is 0.0341. The van der Waals surface area contributed by atoms with Crippen LogP contribution in [0.2, 0.25) is 0 Å². The van der Waals surface area contributed by atoms with E-state index >= 15 is 4.79 Å². The molecular formula is C47H76N6O3. The van der Waals surface area contributed by atoms with E-state index in [0.717, 1.165) is 141 Å². The number of benzene rings is 2. The smallest absolute Gasteiger partial charge is 0.197 e. The van der Waals surface area contributed by atoms with Crippen molar-refractivity contribution in [1.29, 1.82) is 0 Å². The Hall–Kier alpha value is -2.53. The number of carbonyl (C=O) groups excluding carboxylic acids is 1. The Kier molecular flexibility index (Phi) is 17.4. The molecule has 0 saturated carbocycles. The number of ketones is 1. The van der Waals surface area contributed by atoms with Gasteiger partial charge in [-0.15, -0.1) is 0 Å². The summed E-state index contributed by atoms with van der Waals surface area (Å²) in [5.41, 5.74) is 6.48. The van der Waals surface area contributed by atoms with Crippen LogP contribution in [0.15, 0.2) is 36.4 Å². The molecule has 56 heavy (non-hydrogen) atoms. The highest BCUT2D eigenvalue weighted by atomic mass is 16.5. The van der Waals surface area contributed by atoms with E-state index in [9.17, 15) is 0 Å². The fraction of sp³-hybridized carbons (Fsp3) is 0.723. The van der Waals surface area contributed by atoms with Crippen LogP contribution in [0.25, 0.3) is 0 Å². The van der Waals surface area contributed by atoms with Gasteiger partial charge in [0.05, 0.1) is 26.4 Å². The van der Waals surface area contributed by atoms with Crippen LogP contribution in [0.4, 0.5) is 11.4 Å². The van der Waals surface area contributed by atoms with E-state index in [-0.39, 0.29) is 5.78 Å². The fourth-order valence-electron chi connectivity index (χ4n) is 9.34. The number of morpholine rings is 2. The van der Waals surface area contributed by atoms with Crippen LogP contribution in [0.1, 0.15) is 119 Å². The Morgan fingerprint density at radius 3 is 1.30 bits per heavy atom. The first-order valence-electron chi connectivity index (χ1n) is 22.8. The van der Waals surface area contributed by atoms with Gasteiger partial charge in [-0.1, -0.05) is 77.3 Å². The van der Waals surface area contributed by atoms with Crippen LogP contribution in [0.3, 0.4) is 0 Å². The summed E-state index contributed by atoms with van der Waals surface area (Å²) in [6.45, 7) is 26.1. The number of ether oxygens (including phenoxy) is 2. The quantitative estimate of drug-likeness (QED) is 0.100. The first-order valence-corrected chi connectivity index (χ1v) is 22.8. The molecule has 4 heterocycles. The van der Waals surface area contributed by atoms with Crippen LogP contribution in [0, 0.1) is 0 Å². The molecular weight excluding hydrogens is 697 g/mol. The van der Waals surface area contributed by atoms with Gasteiger partial charge in [0.25, 0.3) is 0 Å². The number of hydrogen-bond acceptors (Lipinski definition) is 9. The Morgan fingerprint density at radius 2 is 0.929 bits per heavy atom. The number of nitrogens with zero attached hydrogens (tertiary/aromatic N) is 6. The molecule has 6 rings (SSSR count). The summed E-state index contributed by atoms with van der Waals surface area (Å²) in [6.07, 6.45) is 13.1. The van der Waals surface area contributed by atoms with Crippen LogP contribution in [-0.2, 0) is 22.6 Å². The molecule has 0 aromatic heterocycles. The molecule has 0 amide bonds. The fourth-order valence-corrected chi connectivity index (χ4v) is 9.34. The molecule has 4 aliphatic rings. The van der Waals surface area contributed by atoms with Gasteiger partial charge < -0.3 is 19.3 Å². The van der Waals surface area contributed by atoms with Gasteiger partial charge in [0.15, 0.2) is 5.78 Å². The van der Waals surface area contributed by atoms with Gasteiger partial charge in [0.1, 0.15) is 0 Å². The average molecular weight is 773 g/mol. The molecule has 9 nitrogen and oxygen atoms in total. The molecule has 0 spiro atoms. The second-order valence-corrected chi connectivity index (χ2v) is 17.3. The van der Waals surface area contributed by atoms with Gasteiger partial charge in [0, 0.05) is 126 Å². The Bertz CT molecular complexity index is 1350. The summed E-state index contributed by atoms with van der Waals surface area (Å²) in [7, 11) is 0. The van der Waals surface area contributed by atoms with Gasteiger partial charge in [-0.3, -0.25) is 24.4 Å². The van der Waals surface area contributed by atoms with E-state index in [1.54, 1.807) is 0 Å². The van der Waals surface area contributed by atoms with Crippen molar-refractivity contribution in [3.63, 3.8) is 0 Å². The summed E-state index contributed by atoms with van der Waals surface area (Å²) in [6, 6.07) is 14.6. The summed E-state index contributed by atoms with van der Waals surface area (Å²) < 4.78 is 11.3. The first-order chi connectivity index (χ1) is 27.4. The molecule has 4 fully saturated rings. The largest absolute Gasteiger partial charge is 0.379 e. The van der Waals surface area contributed by atoms with E-state index in [1.807, 2.05) is 0 Å². The number of carbonyl (C=O) groups is 1. The first kappa shape index (κ1) is 43.1. The van der Waals surface area contributed by atoms with Gasteiger partial charge in [0.2, 0.25) is 0 Å². The topological polar surface area (TPSA) is 55.0 Å². The van der Waals surface area contributed by atoms with E-state index in [0.29, 0.717) is 12.1 Å². The van der Waals surface area contributed by atoms with Gasteiger partial charge in [-0.25, -0.2) is 0 Å². The molecule has 0 aliphatic carbocycles. The molecule has 9 heteroatoms. The number of hydrogen-bond donors (Lipinski definition) is 0. The highest BCUT2D eigenvalue weighted by Gasteiger charge is 2.29. The molecule has 312 valence electrons. The maximum absolute atomic E-state index is 15.1. The van der Waals surface area contributed by atoms with E-state index < -0.39 is 0 Å². The summed E-state index contributed by atoms with van der Waals surface area (Å²) in [5, 5.41) is 0. The zero-order chi connectivity index (χ0) is 39.1. The number of unbranched alkanes of at least 4 members (excludes halogenated alkanes) is 6. The number of anilines is 2. The zero-order valence-corrected chi connectivity index (χ0v) is 35.8. The lowest BCUT2D eigenvalue weighted by Gasteiger charge is -2.40. The van der Waals surface area contributed by atoms with Gasteiger partial charge in [-0.05, 0) is 62.1 Å². The normalized spacial score (nSPS) is 20.7. The summed E-state index contributed by atoms with van der Waals surface area (Å²) in [5.74, 6) is 0.157. The Morgan fingerprint density at radius 1 is 0.536 bits per heavy atom. The Balaban J connectivity index is 1.23. The molecule has 2 aromatic rings. The van der Waals surface area contributed by atoms with Gasteiger partial charge in [-0.2, -0.15) is 0 Å². The average Bonchev–Trinajstić information content (AvgIpc) is 3.24. The van der Waals surface area contributed by atoms with Gasteiger partial charge >= 0.3 is 0 Å².